The average Bonchev–Trinajstić information content (AvgIpc) is 2.84. The van der Waals surface area contributed by atoms with Crippen molar-refractivity contribution in [2.75, 3.05) is 36.8 Å². The van der Waals surface area contributed by atoms with Crippen molar-refractivity contribution in [3.63, 3.8) is 0 Å². The van der Waals surface area contributed by atoms with Crippen LogP contribution in [0.2, 0.25) is 10.0 Å². The summed E-state index contributed by atoms with van der Waals surface area (Å²) in [6, 6.07) is 9.38. The van der Waals surface area contributed by atoms with Crippen molar-refractivity contribution in [1.82, 2.24) is 9.62 Å². The van der Waals surface area contributed by atoms with Gasteiger partial charge in [0.25, 0.3) is 0 Å². The zero-order valence-corrected chi connectivity index (χ0v) is 23.1. The lowest BCUT2D eigenvalue weighted by atomic mass is 10.2. The number of nitrogens with zero attached hydrogens (tertiary/aromatic N) is 2. The van der Waals surface area contributed by atoms with Crippen LogP contribution in [0, 0.1) is 0 Å². The first-order chi connectivity index (χ1) is 16.9. The summed E-state index contributed by atoms with van der Waals surface area (Å²) < 4.78 is 58.4. The molecule has 0 radical (unpaired) electrons. The first kappa shape index (κ1) is 28.5. The monoisotopic (exact) mass is 577 g/mol. The van der Waals surface area contributed by atoms with Gasteiger partial charge in [0.1, 0.15) is 18.4 Å². The number of hydrogen-bond donors (Lipinski definition) is 1. The first-order valence-corrected chi connectivity index (χ1v) is 15.4. The van der Waals surface area contributed by atoms with Crippen LogP contribution in [0.5, 0.6) is 5.75 Å². The Morgan fingerprint density at radius 3 is 2.31 bits per heavy atom. The number of carbonyl (C=O) groups excluding carboxylic acids is 1. The van der Waals surface area contributed by atoms with E-state index in [4.69, 9.17) is 27.9 Å². The molecule has 0 spiro atoms. The smallest absolute Gasteiger partial charge is 0.243 e. The molecule has 1 amide bonds. The van der Waals surface area contributed by atoms with Gasteiger partial charge in [-0.05, 0) is 62.2 Å². The van der Waals surface area contributed by atoms with Crippen molar-refractivity contribution in [3.8, 4) is 5.75 Å². The summed E-state index contributed by atoms with van der Waals surface area (Å²) in [5.41, 5.74) is 0.102. The molecule has 36 heavy (non-hydrogen) atoms. The van der Waals surface area contributed by atoms with Gasteiger partial charge in [-0.2, -0.15) is 4.31 Å². The van der Waals surface area contributed by atoms with Gasteiger partial charge in [-0.25, -0.2) is 16.8 Å². The molecule has 0 saturated carbocycles. The molecule has 9 nitrogen and oxygen atoms in total. The molecule has 0 aromatic heterocycles. The third kappa shape index (κ3) is 7.04. The zero-order chi connectivity index (χ0) is 26.5. The van der Waals surface area contributed by atoms with Gasteiger partial charge >= 0.3 is 0 Å². The number of nitrogens with one attached hydrogen (secondary N) is 1. The fourth-order valence-electron chi connectivity index (χ4n) is 3.89. The van der Waals surface area contributed by atoms with Gasteiger partial charge in [0, 0.05) is 18.1 Å². The molecule has 0 unspecified atom stereocenters. The fourth-order valence-corrected chi connectivity index (χ4v) is 7.01. The van der Waals surface area contributed by atoms with Crippen LogP contribution >= 0.6 is 23.2 Å². The third-order valence-electron chi connectivity index (χ3n) is 5.68. The summed E-state index contributed by atoms with van der Waals surface area (Å²) in [6.07, 6.45) is 3.73. The summed E-state index contributed by atoms with van der Waals surface area (Å²) in [5, 5.41) is 3.05. The summed E-state index contributed by atoms with van der Waals surface area (Å²) in [4.78, 5) is 12.9. The SMILES string of the molecule is C[C@@H](C(=O)NCCOc1ccc(S(=O)(=O)N2CCCCC2)cc1)N(c1cc(Cl)ccc1Cl)S(C)(=O)=O. The maximum atomic E-state index is 12.7. The highest BCUT2D eigenvalue weighted by Gasteiger charge is 2.31. The molecule has 0 bridgehead atoms. The Labute approximate surface area is 222 Å². The van der Waals surface area contributed by atoms with Gasteiger partial charge in [-0.1, -0.05) is 29.6 Å². The molecule has 198 valence electrons. The van der Waals surface area contributed by atoms with E-state index in [0.29, 0.717) is 18.8 Å². The van der Waals surface area contributed by atoms with Gasteiger partial charge in [0.2, 0.25) is 26.0 Å². The van der Waals surface area contributed by atoms with Crippen molar-refractivity contribution in [2.24, 2.45) is 0 Å². The number of piperidine rings is 1. The minimum absolute atomic E-state index is 0.0908. The Kier molecular flexibility index (Phi) is 9.50. The number of halogens is 2. The number of ether oxygens (including phenoxy) is 1. The normalized spacial score (nSPS) is 15.8. The molecule has 0 aliphatic carbocycles. The largest absolute Gasteiger partial charge is 0.492 e. The van der Waals surface area contributed by atoms with E-state index in [1.54, 1.807) is 12.1 Å². The summed E-state index contributed by atoms with van der Waals surface area (Å²) >= 11 is 12.2. The maximum Gasteiger partial charge on any atom is 0.243 e. The Hall–Kier alpha value is -2.05. The highest BCUT2D eigenvalue weighted by atomic mass is 35.5. The Morgan fingerprint density at radius 1 is 1.06 bits per heavy atom. The van der Waals surface area contributed by atoms with E-state index in [9.17, 15) is 21.6 Å². The third-order valence-corrected chi connectivity index (χ3v) is 9.38. The molecule has 13 heteroatoms. The van der Waals surface area contributed by atoms with Crippen molar-refractivity contribution in [3.05, 3.63) is 52.5 Å². The second-order valence-electron chi connectivity index (χ2n) is 8.41. The van der Waals surface area contributed by atoms with Crippen LogP contribution in [-0.4, -0.2) is 65.6 Å². The molecule has 1 heterocycles. The number of carbonyl (C=O) groups is 1. The van der Waals surface area contributed by atoms with Gasteiger partial charge in [0.05, 0.1) is 28.4 Å². The summed E-state index contributed by atoms with van der Waals surface area (Å²) in [5.74, 6) is -0.110. The van der Waals surface area contributed by atoms with E-state index >= 15 is 0 Å². The minimum Gasteiger partial charge on any atom is -0.492 e. The van der Waals surface area contributed by atoms with E-state index in [-0.39, 0.29) is 33.8 Å². The molecule has 1 aliphatic rings. The molecule has 1 saturated heterocycles. The molecule has 1 atom stereocenters. The highest BCUT2D eigenvalue weighted by molar-refractivity contribution is 7.92. The first-order valence-electron chi connectivity index (χ1n) is 11.4. The second-order valence-corrected chi connectivity index (χ2v) is 13.0. The van der Waals surface area contributed by atoms with Crippen LogP contribution in [0.4, 0.5) is 5.69 Å². The van der Waals surface area contributed by atoms with Gasteiger partial charge in [-0.15, -0.1) is 0 Å². The van der Waals surface area contributed by atoms with E-state index in [1.807, 2.05) is 0 Å². The minimum atomic E-state index is -3.85. The number of anilines is 1. The number of rotatable bonds is 10. The summed E-state index contributed by atoms with van der Waals surface area (Å²) in [7, 11) is -7.38. The van der Waals surface area contributed by atoms with Crippen LogP contribution in [-0.2, 0) is 24.8 Å². The van der Waals surface area contributed by atoms with E-state index in [0.717, 1.165) is 29.8 Å². The Balaban J connectivity index is 1.56. The molecular formula is C23H29Cl2N3O6S2. The number of benzene rings is 2. The predicted octanol–water partition coefficient (Wildman–Crippen LogP) is 3.52. The molecule has 1 aliphatic heterocycles. The number of amides is 1. The standard InChI is InChI=1S/C23H29Cl2N3O6S2/c1-17(28(35(2,30)31)22-16-18(24)6-11-21(22)25)23(29)26-12-15-34-19-7-9-20(10-8-19)36(32,33)27-13-4-3-5-14-27/h6-11,16-17H,3-5,12-15H2,1-2H3,(H,26,29)/t17-/m0/s1. The molecule has 2 aromatic rings. The lowest BCUT2D eigenvalue weighted by Crippen LogP contribution is -2.48. The number of sulfonamides is 2. The molecular weight excluding hydrogens is 549 g/mol. The van der Waals surface area contributed by atoms with E-state index < -0.39 is 32.0 Å². The van der Waals surface area contributed by atoms with Crippen LogP contribution < -0.4 is 14.4 Å². The molecule has 3 rings (SSSR count). The second kappa shape index (κ2) is 12.0. The predicted molar refractivity (Wildman–Crippen MR) is 141 cm³/mol. The van der Waals surface area contributed by atoms with Crippen molar-refractivity contribution >= 4 is 54.8 Å². The lowest BCUT2D eigenvalue weighted by molar-refractivity contribution is -0.121. The van der Waals surface area contributed by atoms with Crippen molar-refractivity contribution in [2.45, 2.75) is 37.1 Å². The van der Waals surface area contributed by atoms with E-state index in [2.05, 4.69) is 5.32 Å². The van der Waals surface area contributed by atoms with Gasteiger partial charge < -0.3 is 10.1 Å². The molecule has 1 N–H and O–H groups in total. The quantitative estimate of drug-likeness (QED) is 0.432. The Bertz CT molecular complexity index is 1280. The highest BCUT2D eigenvalue weighted by Crippen LogP contribution is 2.32. The Morgan fingerprint density at radius 2 is 1.69 bits per heavy atom. The van der Waals surface area contributed by atoms with Crippen LogP contribution in [0.25, 0.3) is 0 Å². The average molecular weight is 579 g/mol. The van der Waals surface area contributed by atoms with Crippen molar-refractivity contribution in [1.29, 1.82) is 0 Å². The van der Waals surface area contributed by atoms with E-state index in [1.165, 1.54) is 41.6 Å². The number of hydrogen-bond acceptors (Lipinski definition) is 6. The van der Waals surface area contributed by atoms with Crippen LogP contribution in [0.3, 0.4) is 0 Å². The topological polar surface area (TPSA) is 113 Å². The van der Waals surface area contributed by atoms with Crippen LogP contribution in [0.1, 0.15) is 26.2 Å². The molecule has 1 fully saturated rings. The van der Waals surface area contributed by atoms with Gasteiger partial charge in [0.15, 0.2) is 0 Å². The molecule has 2 aromatic carbocycles. The maximum absolute atomic E-state index is 12.7. The lowest BCUT2D eigenvalue weighted by Gasteiger charge is -2.29. The van der Waals surface area contributed by atoms with Gasteiger partial charge in [-0.3, -0.25) is 9.10 Å². The fraction of sp³-hybridized carbons (Fsp3) is 0.435. The van der Waals surface area contributed by atoms with Crippen LogP contribution in [0.15, 0.2) is 47.4 Å². The summed E-state index contributed by atoms with van der Waals surface area (Å²) in [6.45, 7) is 2.68. The van der Waals surface area contributed by atoms with Crippen molar-refractivity contribution < 1.29 is 26.4 Å². The zero-order valence-electron chi connectivity index (χ0n) is 20.0.